The van der Waals surface area contributed by atoms with E-state index in [-0.39, 0.29) is 18.5 Å². The molecule has 0 spiro atoms. The lowest BCUT2D eigenvalue weighted by Gasteiger charge is -2.22. The number of esters is 1. The van der Waals surface area contributed by atoms with Crippen LogP contribution in [0.3, 0.4) is 0 Å². The van der Waals surface area contributed by atoms with Crippen LogP contribution in [0.25, 0.3) is 0 Å². The Morgan fingerprint density at radius 3 is 0.726 bits per heavy atom. The number of carbonyl (C=O) groups excluding carboxylic acids is 2. The van der Waals surface area contributed by atoms with Crippen molar-refractivity contribution in [2.75, 3.05) is 13.2 Å². The van der Waals surface area contributed by atoms with Gasteiger partial charge in [0.05, 0.1) is 25.4 Å². The third-order valence-electron chi connectivity index (χ3n) is 18.9. The third kappa shape index (κ3) is 70.0. The summed E-state index contributed by atoms with van der Waals surface area (Å²) < 4.78 is 5.52. The van der Waals surface area contributed by atoms with E-state index >= 15 is 0 Å². The van der Waals surface area contributed by atoms with Gasteiger partial charge in [-0.25, -0.2) is 0 Å². The Hall–Kier alpha value is -1.14. The zero-order valence-electron chi connectivity index (χ0n) is 57.7. The van der Waals surface area contributed by atoms with Gasteiger partial charge in [0.2, 0.25) is 5.91 Å². The van der Waals surface area contributed by atoms with E-state index in [0.29, 0.717) is 25.9 Å². The van der Waals surface area contributed by atoms with E-state index < -0.39 is 12.1 Å². The minimum absolute atomic E-state index is 0.0264. The maximum atomic E-state index is 12.5. The minimum atomic E-state index is -0.659. The number of unbranched alkanes of at least 4 members (excludes halogenated alkanes) is 64. The van der Waals surface area contributed by atoms with Crippen LogP contribution in [0.5, 0.6) is 0 Å². The van der Waals surface area contributed by atoms with Gasteiger partial charge < -0.3 is 20.3 Å². The van der Waals surface area contributed by atoms with Crippen molar-refractivity contribution >= 4 is 11.9 Å². The number of hydrogen-bond donors (Lipinski definition) is 3. The lowest BCUT2D eigenvalue weighted by molar-refractivity contribution is -0.143. The lowest BCUT2D eigenvalue weighted by atomic mass is 10.0. The maximum absolute atomic E-state index is 12.5. The fraction of sp³-hybridized carbons (Fsp3) is 0.974. The van der Waals surface area contributed by atoms with E-state index in [4.69, 9.17) is 4.74 Å². The molecule has 0 fully saturated rings. The van der Waals surface area contributed by atoms with Crippen molar-refractivity contribution in [2.45, 2.75) is 475 Å². The number of amides is 1. The van der Waals surface area contributed by atoms with Crippen LogP contribution in [0.1, 0.15) is 463 Å². The molecule has 2 unspecified atom stereocenters. The molecule has 0 saturated carbocycles. The quantitative estimate of drug-likeness (QED) is 0.0417. The molecular weight excluding hydrogens is 1030 g/mol. The summed E-state index contributed by atoms with van der Waals surface area (Å²) in [5.74, 6) is 0.00243. The monoisotopic (exact) mass is 1190 g/mol. The molecule has 0 saturated heterocycles. The lowest BCUT2D eigenvalue weighted by Crippen LogP contribution is -2.45. The number of ether oxygens (including phenoxy) is 1. The first kappa shape index (κ1) is 82.9. The molecule has 2 atom stereocenters. The molecule has 1 amide bonds. The van der Waals surface area contributed by atoms with Crippen molar-refractivity contribution < 1.29 is 24.5 Å². The van der Waals surface area contributed by atoms with E-state index in [1.807, 2.05) is 0 Å². The van der Waals surface area contributed by atoms with Crippen LogP contribution in [0.2, 0.25) is 0 Å². The van der Waals surface area contributed by atoms with Crippen LogP contribution in [0.15, 0.2) is 0 Å². The minimum Gasteiger partial charge on any atom is -0.466 e. The molecule has 3 N–H and O–H groups in total. The van der Waals surface area contributed by atoms with Gasteiger partial charge in [-0.05, 0) is 25.7 Å². The van der Waals surface area contributed by atoms with Crippen molar-refractivity contribution in [1.82, 2.24) is 5.32 Å². The molecular formula is C78H155NO5. The Balaban J connectivity index is 3.27. The largest absolute Gasteiger partial charge is 0.466 e. The van der Waals surface area contributed by atoms with Crippen LogP contribution in [-0.2, 0) is 14.3 Å². The molecule has 502 valence electrons. The average Bonchev–Trinajstić information content (AvgIpc) is 3.54. The summed E-state index contributed by atoms with van der Waals surface area (Å²) in [6.45, 7) is 5.01. The summed E-state index contributed by atoms with van der Waals surface area (Å²) >= 11 is 0. The molecule has 6 nitrogen and oxygen atoms in total. The molecule has 0 rings (SSSR count). The molecule has 0 aliphatic rings. The topological polar surface area (TPSA) is 95.9 Å². The molecule has 0 aliphatic heterocycles. The zero-order chi connectivity index (χ0) is 60.6. The molecule has 0 aromatic carbocycles. The fourth-order valence-corrected chi connectivity index (χ4v) is 12.9. The molecule has 0 aromatic heterocycles. The second kappa shape index (κ2) is 74.3. The predicted molar refractivity (Wildman–Crippen MR) is 371 cm³/mol. The van der Waals surface area contributed by atoms with Gasteiger partial charge in [-0.2, -0.15) is 0 Å². The van der Waals surface area contributed by atoms with Gasteiger partial charge in [-0.1, -0.05) is 425 Å². The standard InChI is InChI=1S/C78H155NO5/c1-3-5-7-9-11-13-15-17-18-19-37-41-44-48-52-56-60-64-68-72-78(83)84-73-69-65-61-57-53-49-45-42-39-36-34-32-30-28-26-24-22-20-21-23-25-27-29-31-33-35-38-40-43-47-51-55-59-63-67-71-77(82)79-75(74-80)76(81)70-66-62-58-54-50-46-16-14-12-10-8-6-4-2/h75-76,80-81H,3-74H2,1-2H3,(H,79,82). The first-order valence-corrected chi connectivity index (χ1v) is 39.3. The Bertz CT molecular complexity index is 1230. The second-order valence-electron chi connectivity index (χ2n) is 27.4. The van der Waals surface area contributed by atoms with E-state index in [9.17, 15) is 19.8 Å². The average molecular weight is 1190 g/mol. The van der Waals surface area contributed by atoms with Crippen LogP contribution < -0.4 is 5.32 Å². The van der Waals surface area contributed by atoms with Crippen molar-refractivity contribution in [1.29, 1.82) is 0 Å². The van der Waals surface area contributed by atoms with Crippen molar-refractivity contribution in [3.63, 3.8) is 0 Å². The summed E-state index contributed by atoms with van der Waals surface area (Å²) in [5.41, 5.74) is 0. The fourth-order valence-electron chi connectivity index (χ4n) is 12.9. The number of aliphatic hydroxyl groups is 2. The Labute approximate surface area is 527 Å². The SMILES string of the molecule is CCCCCCCCCCCCCCCCCCCCCC(=O)OCCCCCCCCCCCCCCCCCCCCCCCCCCCCCCCCCCCCCC(=O)NC(CO)C(O)CCCCCCCCCCCCCCC. The molecule has 0 bridgehead atoms. The number of rotatable bonds is 75. The summed E-state index contributed by atoms with van der Waals surface area (Å²) in [7, 11) is 0. The molecule has 6 heteroatoms. The number of carbonyl (C=O) groups is 2. The highest BCUT2D eigenvalue weighted by atomic mass is 16.5. The molecule has 0 aliphatic carbocycles. The second-order valence-corrected chi connectivity index (χ2v) is 27.4. The van der Waals surface area contributed by atoms with Gasteiger partial charge in [0, 0.05) is 12.8 Å². The maximum Gasteiger partial charge on any atom is 0.305 e. The van der Waals surface area contributed by atoms with Crippen molar-refractivity contribution in [3.05, 3.63) is 0 Å². The zero-order valence-corrected chi connectivity index (χ0v) is 57.7. The third-order valence-corrected chi connectivity index (χ3v) is 18.9. The molecule has 0 aromatic rings. The summed E-state index contributed by atoms with van der Waals surface area (Å²) in [5, 5.41) is 23.3. The number of hydrogen-bond acceptors (Lipinski definition) is 5. The van der Waals surface area contributed by atoms with Crippen molar-refractivity contribution in [2.24, 2.45) is 0 Å². The van der Waals surface area contributed by atoms with E-state index in [2.05, 4.69) is 19.2 Å². The highest BCUT2D eigenvalue weighted by molar-refractivity contribution is 5.76. The Morgan fingerprint density at radius 1 is 0.286 bits per heavy atom. The van der Waals surface area contributed by atoms with E-state index in [0.717, 1.165) is 38.5 Å². The van der Waals surface area contributed by atoms with Gasteiger partial charge >= 0.3 is 5.97 Å². The van der Waals surface area contributed by atoms with Crippen LogP contribution >= 0.6 is 0 Å². The first-order chi connectivity index (χ1) is 41.5. The Morgan fingerprint density at radius 2 is 0.488 bits per heavy atom. The summed E-state index contributed by atoms with van der Waals surface area (Å²) in [6.07, 6.45) is 92.1. The molecule has 0 radical (unpaired) electrons. The summed E-state index contributed by atoms with van der Waals surface area (Å²) in [6, 6.07) is -0.535. The molecule has 0 heterocycles. The Kier molecular flexibility index (Phi) is 73.3. The predicted octanol–water partition coefficient (Wildman–Crippen LogP) is 25.7. The first-order valence-electron chi connectivity index (χ1n) is 39.3. The van der Waals surface area contributed by atoms with E-state index in [1.165, 1.54) is 392 Å². The number of aliphatic hydroxyl groups excluding tert-OH is 2. The van der Waals surface area contributed by atoms with Crippen LogP contribution in [-0.4, -0.2) is 47.4 Å². The van der Waals surface area contributed by atoms with Gasteiger partial charge in [0.15, 0.2) is 0 Å². The van der Waals surface area contributed by atoms with Gasteiger partial charge in [0.1, 0.15) is 0 Å². The smallest absolute Gasteiger partial charge is 0.305 e. The highest BCUT2D eigenvalue weighted by Crippen LogP contribution is 2.21. The van der Waals surface area contributed by atoms with Gasteiger partial charge in [-0.15, -0.1) is 0 Å². The number of nitrogens with one attached hydrogen (secondary N) is 1. The molecule has 84 heavy (non-hydrogen) atoms. The van der Waals surface area contributed by atoms with Crippen LogP contribution in [0, 0.1) is 0 Å². The van der Waals surface area contributed by atoms with Crippen molar-refractivity contribution in [3.8, 4) is 0 Å². The van der Waals surface area contributed by atoms with Gasteiger partial charge in [-0.3, -0.25) is 9.59 Å². The van der Waals surface area contributed by atoms with E-state index in [1.54, 1.807) is 0 Å². The van der Waals surface area contributed by atoms with Gasteiger partial charge in [0.25, 0.3) is 0 Å². The van der Waals surface area contributed by atoms with Crippen LogP contribution in [0.4, 0.5) is 0 Å². The highest BCUT2D eigenvalue weighted by Gasteiger charge is 2.20. The normalized spacial score (nSPS) is 12.4. The summed E-state index contributed by atoms with van der Waals surface area (Å²) in [4.78, 5) is 24.6.